The highest BCUT2D eigenvalue weighted by atomic mass is 16.3. The van der Waals surface area contributed by atoms with Gasteiger partial charge in [-0.3, -0.25) is 0 Å². The number of hydrogen-bond acceptors (Lipinski definition) is 2. The Morgan fingerprint density at radius 3 is 1.19 bits per heavy atom. The molecular formula is C14H26O2. The molecule has 94 valence electrons. The van der Waals surface area contributed by atoms with Crippen LogP contribution in [0.25, 0.3) is 0 Å². The van der Waals surface area contributed by atoms with Gasteiger partial charge in [-0.15, -0.1) is 0 Å². The molecule has 2 heteroatoms. The lowest BCUT2D eigenvalue weighted by Crippen LogP contribution is -2.37. The van der Waals surface area contributed by atoms with Gasteiger partial charge >= 0.3 is 0 Å². The minimum atomic E-state index is -0.453. The van der Waals surface area contributed by atoms with Crippen LogP contribution in [0.2, 0.25) is 0 Å². The summed E-state index contributed by atoms with van der Waals surface area (Å²) >= 11 is 0. The van der Waals surface area contributed by atoms with Crippen LogP contribution in [0, 0.1) is 0 Å². The summed E-state index contributed by atoms with van der Waals surface area (Å²) in [4.78, 5) is 0. The van der Waals surface area contributed by atoms with E-state index in [9.17, 15) is 10.2 Å². The molecule has 0 aliphatic heterocycles. The van der Waals surface area contributed by atoms with Crippen molar-refractivity contribution in [2.45, 2.75) is 88.3 Å². The Bertz CT molecular complexity index is 189. The van der Waals surface area contributed by atoms with Gasteiger partial charge < -0.3 is 10.2 Å². The van der Waals surface area contributed by atoms with Crippen molar-refractivity contribution in [2.24, 2.45) is 0 Å². The molecule has 2 aliphatic carbocycles. The summed E-state index contributed by atoms with van der Waals surface area (Å²) < 4.78 is 0. The van der Waals surface area contributed by atoms with Gasteiger partial charge in [-0.25, -0.2) is 0 Å². The molecule has 2 N–H and O–H groups in total. The van der Waals surface area contributed by atoms with Gasteiger partial charge in [-0.1, -0.05) is 38.5 Å². The fourth-order valence-corrected chi connectivity index (χ4v) is 3.39. The zero-order valence-corrected chi connectivity index (χ0v) is 10.4. The zero-order chi connectivity index (χ0) is 11.5. The Morgan fingerprint density at radius 1 is 0.562 bits per heavy atom. The molecule has 0 aromatic carbocycles. The maximum Gasteiger partial charge on any atom is 0.0648 e. The molecule has 0 heterocycles. The fourth-order valence-electron chi connectivity index (χ4n) is 3.39. The maximum absolute atomic E-state index is 10.4. The van der Waals surface area contributed by atoms with Crippen molar-refractivity contribution in [3.05, 3.63) is 0 Å². The smallest absolute Gasteiger partial charge is 0.0648 e. The monoisotopic (exact) mass is 226 g/mol. The number of aliphatic hydroxyl groups is 2. The van der Waals surface area contributed by atoms with E-state index in [-0.39, 0.29) is 0 Å². The lowest BCUT2D eigenvalue weighted by atomic mass is 9.75. The Labute approximate surface area is 99.1 Å². The average molecular weight is 226 g/mol. The Kier molecular flexibility index (Phi) is 3.91. The molecule has 0 bridgehead atoms. The first kappa shape index (κ1) is 12.4. The maximum atomic E-state index is 10.4. The predicted octanol–water partition coefficient (Wildman–Crippen LogP) is 3.16. The van der Waals surface area contributed by atoms with Crippen molar-refractivity contribution >= 4 is 0 Å². The molecule has 2 fully saturated rings. The predicted molar refractivity (Wildman–Crippen MR) is 65.3 cm³/mol. The number of rotatable bonds is 3. The minimum Gasteiger partial charge on any atom is -0.390 e. The average Bonchev–Trinajstić information content (AvgIpc) is 2.29. The molecule has 0 saturated heterocycles. The fraction of sp³-hybridized carbons (Fsp3) is 1.00. The Morgan fingerprint density at radius 2 is 0.875 bits per heavy atom. The molecule has 0 spiro atoms. The highest BCUT2D eigenvalue weighted by Crippen LogP contribution is 2.37. The van der Waals surface area contributed by atoms with Crippen LogP contribution in [0.4, 0.5) is 0 Å². The van der Waals surface area contributed by atoms with Crippen molar-refractivity contribution in [3.8, 4) is 0 Å². The van der Waals surface area contributed by atoms with Gasteiger partial charge in [0.25, 0.3) is 0 Å². The molecule has 0 atom stereocenters. The standard InChI is InChI=1S/C14H26O2/c15-13(7-3-1-4-8-13)11-12-14(16)9-5-2-6-10-14/h15-16H,1-12H2. The van der Waals surface area contributed by atoms with Gasteiger partial charge in [-0.2, -0.15) is 0 Å². The van der Waals surface area contributed by atoms with E-state index in [1.54, 1.807) is 0 Å². The summed E-state index contributed by atoms with van der Waals surface area (Å²) in [5.41, 5.74) is -0.906. The van der Waals surface area contributed by atoms with Crippen LogP contribution in [0.15, 0.2) is 0 Å². The second-order valence-electron chi connectivity index (χ2n) is 6.07. The van der Waals surface area contributed by atoms with E-state index in [0.29, 0.717) is 0 Å². The van der Waals surface area contributed by atoms with E-state index in [1.165, 1.54) is 12.8 Å². The summed E-state index contributed by atoms with van der Waals surface area (Å²) in [6.45, 7) is 0. The summed E-state index contributed by atoms with van der Waals surface area (Å²) in [6.07, 6.45) is 12.6. The second-order valence-corrected chi connectivity index (χ2v) is 6.07. The van der Waals surface area contributed by atoms with Gasteiger partial charge in [0, 0.05) is 0 Å². The van der Waals surface area contributed by atoms with Crippen molar-refractivity contribution in [1.29, 1.82) is 0 Å². The van der Waals surface area contributed by atoms with Crippen molar-refractivity contribution in [2.75, 3.05) is 0 Å². The van der Waals surface area contributed by atoms with Crippen LogP contribution < -0.4 is 0 Å². The molecule has 0 unspecified atom stereocenters. The van der Waals surface area contributed by atoms with Crippen LogP contribution in [0.5, 0.6) is 0 Å². The quantitative estimate of drug-likeness (QED) is 0.776. The molecule has 2 nitrogen and oxygen atoms in total. The van der Waals surface area contributed by atoms with Crippen molar-refractivity contribution in [1.82, 2.24) is 0 Å². The molecule has 16 heavy (non-hydrogen) atoms. The van der Waals surface area contributed by atoms with Gasteiger partial charge in [0.15, 0.2) is 0 Å². The van der Waals surface area contributed by atoms with Gasteiger partial charge in [0.05, 0.1) is 11.2 Å². The minimum absolute atomic E-state index is 0.453. The van der Waals surface area contributed by atoms with E-state index in [0.717, 1.165) is 64.2 Å². The molecule has 0 radical (unpaired) electrons. The third-order valence-corrected chi connectivity index (χ3v) is 4.62. The molecule has 0 amide bonds. The van der Waals surface area contributed by atoms with Crippen molar-refractivity contribution < 1.29 is 10.2 Å². The van der Waals surface area contributed by atoms with E-state index < -0.39 is 11.2 Å². The largest absolute Gasteiger partial charge is 0.390 e. The first-order chi connectivity index (χ1) is 7.62. The SMILES string of the molecule is OC1(CCC2(O)CCCCC2)CCCCC1. The first-order valence-electron chi connectivity index (χ1n) is 7.07. The normalized spacial score (nSPS) is 28.9. The van der Waals surface area contributed by atoms with Crippen molar-refractivity contribution in [3.63, 3.8) is 0 Å². The molecule has 0 aromatic heterocycles. The number of hydrogen-bond donors (Lipinski definition) is 2. The summed E-state index contributed by atoms with van der Waals surface area (Å²) in [5.74, 6) is 0. The lowest BCUT2D eigenvalue weighted by molar-refractivity contribution is -0.0529. The van der Waals surface area contributed by atoms with E-state index >= 15 is 0 Å². The van der Waals surface area contributed by atoms with Gasteiger partial charge in [0.1, 0.15) is 0 Å². The van der Waals surface area contributed by atoms with Crippen LogP contribution >= 0.6 is 0 Å². The molecular weight excluding hydrogens is 200 g/mol. The second kappa shape index (κ2) is 5.05. The first-order valence-corrected chi connectivity index (χ1v) is 7.07. The third kappa shape index (κ3) is 3.21. The molecule has 2 aliphatic rings. The van der Waals surface area contributed by atoms with Crippen LogP contribution in [0.3, 0.4) is 0 Å². The molecule has 2 rings (SSSR count). The van der Waals surface area contributed by atoms with E-state index in [1.807, 2.05) is 0 Å². The Hall–Kier alpha value is -0.0800. The lowest BCUT2D eigenvalue weighted by Gasteiger charge is -2.37. The van der Waals surface area contributed by atoms with Gasteiger partial charge in [0.2, 0.25) is 0 Å². The van der Waals surface area contributed by atoms with Gasteiger partial charge in [-0.05, 0) is 38.5 Å². The summed E-state index contributed by atoms with van der Waals surface area (Å²) in [5, 5.41) is 20.8. The highest BCUT2D eigenvalue weighted by molar-refractivity contribution is 4.88. The van der Waals surface area contributed by atoms with Crippen LogP contribution in [-0.4, -0.2) is 21.4 Å². The van der Waals surface area contributed by atoms with E-state index in [2.05, 4.69) is 0 Å². The highest BCUT2D eigenvalue weighted by Gasteiger charge is 2.35. The third-order valence-electron chi connectivity index (χ3n) is 4.62. The molecule has 2 saturated carbocycles. The zero-order valence-electron chi connectivity index (χ0n) is 10.4. The summed E-state index contributed by atoms with van der Waals surface area (Å²) in [6, 6.07) is 0. The topological polar surface area (TPSA) is 40.5 Å². The Balaban J connectivity index is 1.80. The molecule has 0 aromatic rings. The van der Waals surface area contributed by atoms with E-state index in [4.69, 9.17) is 0 Å². The van der Waals surface area contributed by atoms with Crippen LogP contribution in [0.1, 0.15) is 77.0 Å². The van der Waals surface area contributed by atoms with Crippen LogP contribution in [-0.2, 0) is 0 Å². The summed E-state index contributed by atoms with van der Waals surface area (Å²) in [7, 11) is 0.